The van der Waals surface area contributed by atoms with Crippen molar-refractivity contribution in [3.63, 3.8) is 0 Å². The predicted octanol–water partition coefficient (Wildman–Crippen LogP) is 1.52. The Morgan fingerprint density at radius 2 is 2.00 bits per heavy atom. The van der Waals surface area contributed by atoms with Crippen LogP contribution in [0.3, 0.4) is 0 Å². The first-order valence-electron chi connectivity index (χ1n) is 5.11. The Balaban J connectivity index is 2.12. The van der Waals surface area contributed by atoms with Crippen molar-refractivity contribution in [3.8, 4) is 0 Å². The van der Waals surface area contributed by atoms with Crippen LogP contribution in [0.4, 0.5) is 11.4 Å². The summed E-state index contributed by atoms with van der Waals surface area (Å²) in [5.41, 5.74) is 2.04. The van der Waals surface area contributed by atoms with Crippen molar-refractivity contribution in [2.45, 2.75) is 6.54 Å². The lowest BCUT2D eigenvalue weighted by molar-refractivity contribution is 0.607. The SMILES string of the molecule is CS(=O)(=O)Nc1ccccc1NCc1csnn1. The molecule has 0 aliphatic rings. The van der Waals surface area contributed by atoms with Crippen molar-refractivity contribution in [1.82, 2.24) is 9.59 Å². The van der Waals surface area contributed by atoms with Crippen molar-refractivity contribution < 1.29 is 8.42 Å². The van der Waals surface area contributed by atoms with Gasteiger partial charge in [-0.25, -0.2) is 8.42 Å². The van der Waals surface area contributed by atoms with E-state index in [0.29, 0.717) is 17.9 Å². The van der Waals surface area contributed by atoms with E-state index in [9.17, 15) is 8.42 Å². The molecule has 2 rings (SSSR count). The maximum atomic E-state index is 11.2. The van der Waals surface area contributed by atoms with Gasteiger partial charge in [0.25, 0.3) is 0 Å². The highest BCUT2D eigenvalue weighted by Gasteiger charge is 2.06. The van der Waals surface area contributed by atoms with Crippen molar-refractivity contribution in [2.75, 3.05) is 16.3 Å². The van der Waals surface area contributed by atoms with Gasteiger partial charge in [0, 0.05) is 5.38 Å². The third-order valence-corrected chi connectivity index (χ3v) is 3.23. The highest BCUT2D eigenvalue weighted by molar-refractivity contribution is 7.92. The third-order valence-electron chi connectivity index (χ3n) is 2.09. The van der Waals surface area contributed by atoms with E-state index in [-0.39, 0.29) is 0 Å². The molecule has 0 aliphatic heterocycles. The molecule has 0 saturated heterocycles. The lowest BCUT2D eigenvalue weighted by Crippen LogP contribution is -2.12. The molecule has 18 heavy (non-hydrogen) atoms. The highest BCUT2D eigenvalue weighted by atomic mass is 32.2. The zero-order valence-electron chi connectivity index (χ0n) is 9.62. The number of nitrogens with one attached hydrogen (secondary N) is 2. The molecule has 1 heterocycles. The molecular formula is C10H12N4O2S2. The van der Waals surface area contributed by atoms with Gasteiger partial charge in [0.15, 0.2) is 0 Å². The zero-order chi connectivity index (χ0) is 13.0. The minimum atomic E-state index is -3.29. The van der Waals surface area contributed by atoms with E-state index >= 15 is 0 Å². The molecule has 0 aliphatic carbocycles. The van der Waals surface area contributed by atoms with Crippen LogP contribution in [0.5, 0.6) is 0 Å². The maximum Gasteiger partial charge on any atom is 0.229 e. The van der Waals surface area contributed by atoms with E-state index in [1.807, 2.05) is 11.4 Å². The number of rotatable bonds is 5. The van der Waals surface area contributed by atoms with Crippen LogP contribution in [0.2, 0.25) is 0 Å². The molecule has 1 aromatic carbocycles. The van der Waals surface area contributed by atoms with Crippen LogP contribution in [0.25, 0.3) is 0 Å². The Hall–Kier alpha value is -1.67. The summed E-state index contributed by atoms with van der Waals surface area (Å²) < 4.78 is 28.7. The van der Waals surface area contributed by atoms with Crippen molar-refractivity contribution in [1.29, 1.82) is 0 Å². The summed E-state index contributed by atoms with van der Waals surface area (Å²) in [6.07, 6.45) is 1.12. The zero-order valence-corrected chi connectivity index (χ0v) is 11.3. The van der Waals surface area contributed by atoms with E-state index in [1.165, 1.54) is 11.5 Å². The van der Waals surface area contributed by atoms with Gasteiger partial charge in [-0.15, -0.1) is 5.10 Å². The first-order chi connectivity index (χ1) is 8.54. The van der Waals surface area contributed by atoms with E-state index in [1.54, 1.807) is 18.2 Å². The molecule has 0 unspecified atom stereocenters. The first kappa shape index (κ1) is 12.8. The van der Waals surface area contributed by atoms with Crippen LogP contribution in [0.15, 0.2) is 29.6 Å². The van der Waals surface area contributed by atoms with Gasteiger partial charge in [0.05, 0.1) is 29.9 Å². The quantitative estimate of drug-likeness (QED) is 0.869. The summed E-state index contributed by atoms with van der Waals surface area (Å²) in [5, 5.41) is 8.85. The van der Waals surface area contributed by atoms with Crippen LogP contribution >= 0.6 is 11.5 Å². The van der Waals surface area contributed by atoms with Gasteiger partial charge >= 0.3 is 0 Å². The molecule has 2 N–H and O–H groups in total. The minimum Gasteiger partial charge on any atom is -0.378 e. The topological polar surface area (TPSA) is 84.0 Å². The molecule has 96 valence electrons. The molecular weight excluding hydrogens is 272 g/mol. The lowest BCUT2D eigenvalue weighted by Gasteiger charge is -2.11. The number of aromatic nitrogens is 2. The van der Waals surface area contributed by atoms with Gasteiger partial charge in [-0.2, -0.15) is 0 Å². The van der Waals surface area contributed by atoms with Crippen LogP contribution in [-0.4, -0.2) is 24.3 Å². The second-order valence-corrected chi connectivity index (χ2v) is 6.03. The normalized spacial score (nSPS) is 11.2. The second kappa shape index (κ2) is 5.32. The number of hydrogen-bond acceptors (Lipinski definition) is 6. The minimum absolute atomic E-state index is 0.499. The Labute approximate surface area is 109 Å². The number of hydrogen-bond donors (Lipinski definition) is 2. The van der Waals surface area contributed by atoms with Crippen molar-refractivity contribution in [2.24, 2.45) is 0 Å². The molecule has 0 fully saturated rings. The average Bonchev–Trinajstić information content (AvgIpc) is 2.79. The summed E-state index contributed by atoms with van der Waals surface area (Å²) >= 11 is 1.28. The van der Waals surface area contributed by atoms with Crippen LogP contribution < -0.4 is 10.0 Å². The predicted molar refractivity (Wildman–Crippen MR) is 72.1 cm³/mol. The van der Waals surface area contributed by atoms with Gasteiger partial charge in [0.1, 0.15) is 0 Å². The van der Waals surface area contributed by atoms with Gasteiger partial charge < -0.3 is 5.32 Å². The van der Waals surface area contributed by atoms with Gasteiger partial charge in [-0.05, 0) is 23.7 Å². The molecule has 1 aromatic heterocycles. The smallest absolute Gasteiger partial charge is 0.229 e. The summed E-state index contributed by atoms with van der Waals surface area (Å²) in [6, 6.07) is 7.09. The number of nitrogens with zero attached hydrogens (tertiary/aromatic N) is 2. The fourth-order valence-electron chi connectivity index (χ4n) is 1.37. The monoisotopic (exact) mass is 284 g/mol. The van der Waals surface area contributed by atoms with E-state index in [0.717, 1.165) is 11.9 Å². The van der Waals surface area contributed by atoms with Crippen molar-refractivity contribution >= 4 is 32.9 Å². The van der Waals surface area contributed by atoms with Gasteiger partial charge in [-0.1, -0.05) is 16.6 Å². The average molecular weight is 284 g/mol. The number of benzene rings is 1. The molecule has 0 atom stereocenters. The highest BCUT2D eigenvalue weighted by Crippen LogP contribution is 2.22. The van der Waals surface area contributed by atoms with E-state index < -0.39 is 10.0 Å². The van der Waals surface area contributed by atoms with Crippen LogP contribution in [-0.2, 0) is 16.6 Å². The summed E-state index contributed by atoms with van der Waals surface area (Å²) in [5.74, 6) is 0. The number of anilines is 2. The molecule has 0 amide bonds. The maximum absolute atomic E-state index is 11.2. The molecule has 0 bridgehead atoms. The molecule has 0 saturated carbocycles. The molecule has 0 radical (unpaired) electrons. The third kappa shape index (κ3) is 3.67. The Morgan fingerprint density at radius 1 is 1.28 bits per heavy atom. The standard InChI is InChI=1S/C10H12N4O2S2/c1-18(15,16)13-10-5-3-2-4-9(10)11-6-8-7-17-14-12-8/h2-5,7,11,13H,6H2,1H3. The molecule has 8 heteroatoms. The fourth-order valence-corrected chi connectivity index (χ4v) is 2.40. The van der Waals surface area contributed by atoms with E-state index in [2.05, 4.69) is 19.6 Å². The largest absolute Gasteiger partial charge is 0.378 e. The first-order valence-corrected chi connectivity index (χ1v) is 7.84. The molecule has 6 nitrogen and oxygen atoms in total. The summed E-state index contributed by atoms with van der Waals surface area (Å²) in [7, 11) is -3.29. The van der Waals surface area contributed by atoms with Gasteiger partial charge in [-0.3, -0.25) is 4.72 Å². The number of sulfonamides is 1. The van der Waals surface area contributed by atoms with E-state index in [4.69, 9.17) is 0 Å². The van der Waals surface area contributed by atoms with Crippen LogP contribution in [0.1, 0.15) is 5.69 Å². The Kier molecular flexibility index (Phi) is 3.78. The Morgan fingerprint density at radius 3 is 2.61 bits per heavy atom. The molecule has 2 aromatic rings. The lowest BCUT2D eigenvalue weighted by atomic mass is 10.2. The number of para-hydroxylation sites is 2. The molecule has 0 spiro atoms. The summed E-state index contributed by atoms with van der Waals surface area (Å²) in [6.45, 7) is 0.499. The second-order valence-electron chi connectivity index (χ2n) is 3.67. The fraction of sp³-hybridized carbons (Fsp3) is 0.200. The van der Waals surface area contributed by atoms with Crippen molar-refractivity contribution in [3.05, 3.63) is 35.3 Å². The van der Waals surface area contributed by atoms with Gasteiger partial charge in [0.2, 0.25) is 10.0 Å². The van der Waals surface area contributed by atoms with Crippen LogP contribution in [0, 0.1) is 0 Å². The Bertz CT molecular complexity index is 611. The summed E-state index contributed by atoms with van der Waals surface area (Å²) in [4.78, 5) is 0.